The van der Waals surface area contributed by atoms with Crippen molar-refractivity contribution >= 4 is 38.4 Å². The van der Waals surface area contributed by atoms with Crippen molar-refractivity contribution < 1.29 is 4.92 Å². The van der Waals surface area contributed by atoms with Gasteiger partial charge in [0.05, 0.1) is 16.0 Å². The predicted molar refractivity (Wildman–Crippen MR) is 74.3 cm³/mol. The summed E-state index contributed by atoms with van der Waals surface area (Å²) in [7, 11) is 0. The SMILES string of the molecule is O=[N+]([O-])c1ccc2[nH]c3c(ccc4cc[nH]c43)c2c1. The van der Waals surface area contributed by atoms with Crippen molar-refractivity contribution in [2.24, 2.45) is 0 Å². The van der Waals surface area contributed by atoms with Crippen LogP contribution in [0, 0.1) is 10.1 Å². The maximum absolute atomic E-state index is 10.9. The van der Waals surface area contributed by atoms with Gasteiger partial charge in [0, 0.05) is 40.0 Å². The lowest BCUT2D eigenvalue weighted by atomic mass is 10.1. The van der Waals surface area contributed by atoms with E-state index in [1.807, 2.05) is 24.4 Å². The monoisotopic (exact) mass is 251 g/mol. The molecule has 2 heterocycles. The number of nitro groups is 1. The molecule has 92 valence electrons. The summed E-state index contributed by atoms with van der Waals surface area (Å²) < 4.78 is 0. The van der Waals surface area contributed by atoms with E-state index in [9.17, 15) is 10.1 Å². The molecule has 0 radical (unpaired) electrons. The number of aromatic nitrogens is 2. The van der Waals surface area contributed by atoms with Crippen LogP contribution in [0.25, 0.3) is 32.7 Å². The highest BCUT2D eigenvalue weighted by molar-refractivity contribution is 6.16. The first-order valence-corrected chi connectivity index (χ1v) is 5.90. The number of fused-ring (bicyclic) bond motifs is 5. The number of non-ortho nitro benzene ring substituents is 1. The van der Waals surface area contributed by atoms with Crippen molar-refractivity contribution in [2.75, 3.05) is 0 Å². The quantitative estimate of drug-likeness (QED) is 0.399. The van der Waals surface area contributed by atoms with E-state index >= 15 is 0 Å². The molecule has 0 atom stereocenters. The first-order valence-electron chi connectivity index (χ1n) is 5.90. The number of aromatic amines is 2. The number of benzene rings is 2. The van der Waals surface area contributed by atoms with Crippen LogP contribution in [0.4, 0.5) is 5.69 Å². The number of rotatable bonds is 1. The molecular formula is C14H9N3O2. The summed E-state index contributed by atoms with van der Waals surface area (Å²) in [6.07, 6.45) is 1.89. The van der Waals surface area contributed by atoms with Crippen molar-refractivity contribution in [3.63, 3.8) is 0 Å². The summed E-state index contributed by atoms with van der Waals surface area (Å²) in [6.45, 7) is 0. The second-order valence-corrected chi connectivity index (χ2v) is 4.54. The second kappa shape index (κ2) is 3.35. The average molecular weight is 251 g/mol. The Kier molecular flexibility index (Phi) is 1.79. The number of hydrogen-bond donors (Lipinski definition) is 2. The average Bonchev–Trinajstić information content (AvgIpc) is 3.01. The summed E-state index contributed by atoms with van der Waals surface area (Å²) in [6, 6.07) is 10.9. The molecule has 5 heteroatoms. The van der Waals surface area contributed by atoms with Gasteiger partial charge in [0.25, 0.3) is 5.69 Å². The zero-order chi connectivity index (χ0) is 13.0. The van der Waals surface area contributed by atoms with Gasteiger partial charge in [0.15, 0.2) is 0 Å². The molecule has 19 heavy (non-hydrogen) atoms. The van der Waals surface area contributed by atoms with Gasteiger partial charge in [0.1, 0.15) is 0 Å². The number of nitro benzene ring substituents is 1. The summed E-state index contributed by atoms with van der Waals surface area (Å²) >= 11 is 0. The molecule has 0 saturated heterocycles. The van der Waals surface area contributed by atoms with Crippen molar-refractivity contribution in [2.45, 2.75) is 0 Å². The van der Waals surface area contributed by atoms with Crippen LogP contribution in [0.1, 0.15) is 0 Å². The maximum atomic E-state index is 10.9. The van der Waals surface area contributed by atoms with Gasteiger partial charge in [-0.1, -0.05) is 12.1 Å². The van der Waals surface area contributed by atoms with Crippen LogP contribution in [-0.2, 0) is 0 Å². The summed E-state index contributed by atoms with van der Waals surface area (Å²) in [5.41, 5.74) is 3.03. The molecule has 2 aromatic carbocycles. The zero-order valence-corrected chi connectivity index (χ0v) is 9.81. The third-order valence-corrected chi connectivity index (χ3v) is 3.49. The highest BCUT2D eigenvalue weighted by Gasteiger charge is 2.12. The topological polar surface area (TPSA) is 74.7 Å². The number of H-pyrrole nitrogens is 2. The van der Waals surface area contributed by atoms with E-state index in [1.54, 1.807) is 12.1 Å². The van der Waals surface area contributed by atoms with Gasteiger partial charge in [-0.15, -0.1) is 0 Å². The molecule has 0 aliphatic heterocycles. The van der Waals surface area contributed by atoms with Crippen molar-refractivity contribution in [1.82, 2.24) is 9.97 Å². The van der Waals surface area contributed by atoms with Gasteiger partial charge in [0.2, 0.25) is 0 Å². The Balaban J connectivity index is 2.20. The highest BCUT2D eigenvalue weighted by Crippen LogP contribution is 2.32. The van der Waals surface area contributed by atoms with Crippen molar-refractivity contribution in [1.29, 1.82) is 0 Å². The van der Waals surface area contributed by atoms with Crippen LogP contribution in [0.3, 0.4) is 0 Å². The third-order valence-electron chi connectivity index (χ3n) is 3.49. The molecule has 4 aromatic rings. The van der Waals surface area contributed by atoms with Crippen LogP contribution < -0.4 is 0 Å². The van der Waals surface area contributed by atoms with E-state index in [0.717, 1.165) is 32.7 Å². The number of nitrogens with zero attached hydrogens (tertiary/aromatic N) is 1. The molecule has 4 rings (SSSR count). The van der Waals surface area contributed by atoms with Crippen LogP contribution >= 0.6 is 0 Å². The van der Waals surface area contributed by atoms with E-state index in [1.165, 1.54) is 6.07 Å². The Morgan fingerprint density at radius 2 is 1.89 bits per heavy atom. The van der Waals surface area contributed by atoms with E-state index in [-0.39, 0.29) is 10.6 Å². The lowest BCUT2D eigenvalue weighted by Gasteiger charge is -1.94. The molecule has 0 bridgehead atoms. The summed E-state index contributed by atoms with van der Waals surface area (Å²) in [5, 5.41) is 13.9. The van der Waals surface area contributed by atoms with E-state index in [4.69, 9.17) is 0 Å². The largest absolute Gasteiger partial charge is 0.359 e. The van der Waals surface area contributed by atoms with Crippen LogP contribution in [0.5, 0.6) is 0 Å². The lowest BCUT2D eigenvalue weighted by Crippen LogP contribution is -1.86. The Morgan fingerprint density at radius 3 is 2.74 bits per heavy atom. The van der Waals surface area contributed by atoms with Crippen molar-refractivity contribution in [3.8, 4) is 0 Å². The van der Waals surface area contributed by atoms with Gasteiger partial charge in [-0.05, 0) is 12.1 Å². The molecule has 2 N–H and O–H groups in total. The normalized spacial score (nSPS) is 11.6. The second-order valence-electron chi connectivity index (χ2n) is 4.54. The minimum atomic E-state index is -0.370. The fourth-order valence-electron chi connectivity index (χ4n) is 2.59. The fraction of sp³-hybridized carbons (Fsp3) is 0. The molecule has 0 spiro atoms. The van der Waals surface area contributed by atoms with E-state index in [2.05, 4.69) is 9.97 Å². The predicted octanol–water partition coefficient (Wildman–Crippen LogP) is 3.71. The highest BCUT2D eigenvalue weighted by atomic mass is 16.6. The molecule has 0 saturated carbocycles. The summed E-state index contributed by atoms with van der Waals surface area (Å²) in [4.78, 5) is 17.0. The zero-order valence-electron chi connectivity index (χ0n) is 9.81. The Bertz CT molecular complexity index is 949. The van der Waals surface area contributed by atoms with E-state index in [0.29, 0.717) is 0 Å². The standard InChI is InChI=1S/C14H9N3O2/c18-17(19)9-2-4-12-11(7-9)10-3-1-8-5-6-15-13(8)14(10)16-12/h1-7,15-16H. The number of nitrogens with one attached hydrogen (secondary N) is 2. The van der Waals surface area contributed by atoms with E-state index < -0.39 is 0 Å². The van der Waals surface area contributed by atoms with Gasteiger partial charge < -0.3 is 9.97 Å². The molecular weight excluding hydrogens is 242 g/mol. The van der Waals surface area contributed by atoms with Gasteiger partial charge >= 0.3 is 0 Å². The molecule has 0 aliphatic rings. The van der Waals surface area contributed by atoms with Crippen molar-refractivity contribution in [3.05, 3.63) is 52.7 Å². The molecule has 0 unspecified atom stereocenters. The van der Waals surface area contributed by atoms with Crippen LogP contribution in [0.2, 0.25) is 0 Å². The first kappa shape index (κ1) is 10.1. The Hall–Kier alpha value is -2.82. The smallest absolute Gasteiger partial charge is 0.270 e. The minimum Gasteiger partial charge on any atom is -0.359 e. The fourth-order valence-corrected chi connectivity index (χ4v) is 2.59. The Morgan fingerprint density at radius 1 is 1.00 bits per heavy atom. The van der Waals surface area contributed by atoms with Gasteiger partial charge in [-0.3, -0.25) is 10.1 Å². The van der Waals surface area contributed by atoms with Gasteiger partial charge in [-0.25, -0.2) is 0 Å². The molecule has 0 amide bonds. The summed E-state index contributed by atoms with van der Waals surface area (Å²) in [5.74, 6) is 0. The molecule has 5 nitrogen and oxygen atoms in total. The third kappa shape index (κ3) is 1.29. The molecule has 2 aromatic heterocycles. The lowest BCUT2D eigenvalue weighted by molar-refractivity contribution is -0.384. The molecule has 0 aliphatic carbocycles. The van der Waals surface area contributed by atoms with Crippen LogP contribution in [0.15, 0.2) is 42.6 Å². The first-order chi connectivity index (χ1) is 9.24. The van der Waals surface area contributed by atoms with Crippen LogP contribution in [-0.4, -0.2) is 14.9 Å². The minimum absolute atomic E-state index is 0.111. The maximum Gasteiger partial charge on any atom is 0.270 e. The van der Waals surface area contributed by atoms with Gasteiger partial charge in [-0.2, -0.15) is 0 Å². The Labute approximate surface area is 107 Å². The molecule has 0 fully saturated rings. The number of hydrogen-bond acceptors (Lipinski definition) is 2.